The number of nitrogens with one attached hydrogen (secondary N) is 2. The summed E-state index contributed by atoms with van der Waals surface area (Å²) < 4.78 is 6.18. The van der Waals surface area contributed by atoms with Crippen molar-refractivity contribution in [3.05, 3.63) is 46.9 Å². The van der Waals surface area contributed by atoms with Crippen molar-refractivity contribution in [3.8, 4) is 22.9 Å². The molecule has 0 saturated heterocycles. The summed E-state index contributed by atoms with van der Waals surface area (Å²) in [7, 11) is 0. The summed E-state index contributed by atoms with van der Waals surface area (Å²) in [6, 6.07) is 12.2. The molecule has 3 N–H and O–H groups in total. The topological polar surface area (TPSA) is 100 Å². The largest absolute Gasteiger partial charge is 0.507 e. The minimum Gasteiger partial charge on any atom is -0.507 e. The normalized spacial score (nSPS) is 10.6. The van der Waals surface area contributed by atoms with E-state index < -0.39 is 0 Å². The summed E-state index contributed by atoms with van der Waals surface area (Å²) in [4.78, 5) is 16.4. The highest BCUT2D eigenvalue weighted by atomic mass is 79.9. The Labute approximate surface area is 168 Å². The first-order valence-electron chi connectivity index (χ1n) is 8.12. The second-order valence-corrected chi connectivity index (χ2v) is 7.28. The molecule has 140 valence electrons. The maximum atomic E-state index is 12.1. The van der Waals surface area contributed by atoms with Crippen LogP contribution in [-0.4, -0.2) is 38.6 Å². The van der Waals surface area contributed by atoms with E-state index >= 15 is 0 Å². The Bertz CT molecular complexity index is 931. The van der Waals surface area contributed by atoms with Crippen LogP contribution in [0, 0.1) is 0 Å². The Kier molecular flexibility index (Phi) is 6.36. The molecular weight excluding hydrogens is 432 g/mol. The lowest BCUT2D eigenvalue weighted by molar-refractivity contribution is -0.113. The molecular formula is C18H17BrN4O3S. The smallest absolute Gasteiger partial charge is 0.234 e. The van der Waals surface area contributed by atoms with Crippen LogP contribution >= 0.6 is 27.7 Å². The van der Waals surface area contributed by atoms with Gasteiger partial charge in [0.2, 0.25) is 11.1 Å². The number of carbonyl (C=O) groups excluding carboxylic acids is 1. The predicted octanol–water partition coefficient (Wildman–Crippen LogP) is 4.07. The summed E-state index contributed by atoms with van der Waals surface area (Å²) in [6.07, 6.45) is 0. The van der Waals surface area contributed by atoms with Crippen LogP contribution in [0.1, 0.15) is 6.92 Å². The standard InChI is InChI=1S/C18H17BrN4O3S/c1-2-26-13-6-4-12(5-7-13)20-16(25)10-27-18-21-17(22-23-18)14-9-11(19)3-8-15(14)24/h3-9,24H,2,10H2,1H3,(H,20,25)(H,21,22,23). The van der Waals surface area contributed by atoms with Gasteiger partial charge in [0.25, 0.3) is 0 Å². The van der Waals surface area contributed by atoms with E-state index in [0.717, 1.165) is 10.2 Å². The Morgan fingerprint density at radius 1 is 1.30 bits per heavy atom. The molecule has 0 spiro atoms. The number of amides is 1. The van der Waals surface area contributed by atoms with Crippen molar-refractivity contribution in [2.75, 3.05) is 17.7 Å². The number of carbonyl (C=O) groups is 1. The van der Waals surface area contributed by atoms with Crippen LogP contribution in [0.3, 0.4) is 0 Å². The number of aromatic hydroxyl groups is 1. The van der Waals surface area contributed by atoms with Gasteiger partial charge in [-0.25, -0.2) is 4.98 Å². The van der Waals surface area contributed by atoms with Gasteiger partial charge in [-0.2, -0.15) is 0 Å². The first-order chi connectivity index (χ1) is 13.0. The summed E-state index contributed by atoms with van der Waals surface area (Å²) in [5.41, 5.74) is 1.22. The van der Waals surface area contributed by atoms with Crippen LogP contribution in [0.4, 0.5) is 5.69 Å². The highest BCUT2D eigenvalue weighted by molar-refractivity contribution is 9.10. The van der Waals surface area contributed by atoms with Gasteiger partial charge in [-0.3, -0.25) is 9.89 Å². The van der Waals surface area contributed by atoms with E-state index in [1.165, 1.54) is 11.8 Å². The number of anilines is 1. The van der Waals surface area contributed by atoms with E-state index in [2.05, 4.69) is 36.4 Å². The number of aromatic nitrogens is 3. The van der Waals surface area contributed by atoms with Crippen molar-refractivity contribution in [1.29, 1.82) is 0 Å². The van der Waals surface area contributed by atoms with Gasteiger partial charge >= 0.3 is 0 Å². The molecule has 2 aromatic carbocycles. The fraction of sp³-hybridized carbons (Fsp3) is 0.167. The third kappa shape index (κ3) is 5.24. The van der Waals surface area contributed by atoms with Crippen molar-refractivity contribution in [3.63, 3.8) is 0 Å². The van der Waals surface area contributed by atoms with Crippen LogP contribution in [0.25, 0.3) is 11.4 Å². The molecule has 1 heterocycles. The molecule has 0 aliphatic heterocycles. The van der Waals surface area contributed by atoms with Gasteiger partial charge in [0.05, 0.1) is 17.9 Å². The molecule has 0 saturated carbocycles. The van der Waals surface area contributed by atoms with Crippen LogP contribution < -0.4 is 10.1 Å². The lowest BCUT2D eigenvalue weighted by Gasteiger charge is -2.06. The molecule has 1 aromatic heterocycles. The fourth-order valence-corrected chi connectivity index (χ4v) is 3.22. The van der Waals surface area contributed by atoms with Gasteiger partial charge < -0.3 is 15.2 Å². The lowest BCUT2D eigenvalue weighted by atomic mass is 10.2. The number of H-pyrrole nitrogens is 1. The molecule has 0 aliphatic rings. The number of hydrogen-bond donors (Lipinski definition) is 3. The maximum absolute atomic E-state index is 12.1. The highest BCUT2D eigenvalue weighted by Crippen LogP contribution is 2.30. The number of nitrogens with zero attached hydrogens (tertiary/aromatic N) is 2. The number of benzene rings is 2. The van der Waals surface area contributed by atoms with E-state index in [-0.39, 0.29) is 17.4 Å². The van der Waals surface area contributed by atoms with E-state index in [9.17, 15) is 9.90 Å². The number of rotatable bonds is 7. The zero-order chi connectivity index (χ0) is 19.2. The second-order valence-electron chi connectivity index (χ2n) is 5.42. The third-order valence-corrected chi connectivity index (χ3v) is 4.80. The zero-order valence-corrected chi connectivity index (χ0v) is 16.8. The van der Waals surface area contributed by atoms with E-state index in [4.69, 9.17) is 4.74 Å². The van der Waals surface area contributed by atoms with Crippen molar-refractivity contribution in [1.82, 2.24) is 15.2 Å². The van der Waals surface area contributed by atoms with E-state index in [0.29, 0.717) is 28.8 Å². The van der Waals surface area contributed by atoms with Crippen LogP contribution in [0.2, 0.25) is 0 Å². The molecule has 0 atom stereocenters. The molecule has 0 fully saturated rings. The number of ether oxygens (including phenoxy) is 1. The second kappa shape index (κ2) is 8.92. The summed E-state index contributed by atoms with van der Waals surface area (Å²) in [5.74, 6) is 1.28. The number of phenolic OH excluding ortho intramolecular Hbond substituents is 1. The van der Waals surface area contributed by atoms with Gasteiger partial charge in [0.1, 0.15) is 11.5 Å². The molecule has 0 bridgehead atoms. The van der Waals surface area contributed by atoms with Gasteiger partial charge in [-0.1, -0.05) is 27.7 Å². The van der Waals surface area contributed by atoms with Gasteiger partial charge in [0, 0.05) is 10.2 Å². The maximum Gasteiger partial charge on any atom is 0.234 e. The number of aromatic amines is 1. The molecule has 1 amide bonds. The third-order valence-electron chi connectivity index (χ3n) is 3.46. The van der Waals surface area contributed by atoms with Crippen LogP contribution in [0.5, 0.6) is 11.5 Å². The Balaban J connectivity index is 1.56. The predicted molar refractivity (Wildman–Crippen MR) is 108 cm³/mol. The number of thioether (sulfide) groups is 1. The fourth-order valence-electron chi connectivity index (χ4n) is 2.26. The minimum absolute atomic E-state index is 0.0964. The lowest BCUT2D eigenvalue weighted by Crippen LogP contribution is -2.14. The molecule has 0 aliphatic carbocycles. The summed E-state index contributed by atoms with van der Waals surface area (Å²) >= 11 is 4.56. The molecule has 9 heteroatoms. The van der Waals surface area contributed by atoms with Gasteiger partial charge in [-0.15, -0.1) is 5.10 Å². The van der Waals surface area contributed by atoms with Crippen molar-refractivity contribution < 1.29 is 14.6 Å². The number of halogens is 1. The van der Waals surface area contributed by atoms with Crippen molar-refractivity contribution in [2.24, 2.45) is 0 Å². The average molecular weight is 449 g/mol. The molecule has 3 aromatic rings. The Hall–Kier alpha value is -2.52. The van der Waals surface area contributed by atoms with E-state index in [1.54, 1.807) is 42.5 Å². The Morgan fingerprint density at radius 2 is 2.07 bits per heavy atom. The van der Waals surface area contributed by atoms with Gasteiger partial charge in [-0.05, 0) is 49.4 Å². The molecule has 0 radical (unpaired) electrons. The molecule has 27 heavy (non-hydrogen) atoms. The van der Waals surface area contributed by atoms with Crippen molar-refractivity contribution >= 4 is 39.3 Å². The summed E-state index contributed by atoms with van der Waals surface area (Å²) in [5, 5.41) is 20.0. The SMILES string of the molecule is CCOc1ccc(NC(=O)CSc2n[nH]c(-c3cc(Br)ccc3O)n2)cc1. The quantitative estimate of drug-likeness (QED) is 0.471. The van der Waals surface area contributed by atoms with Crippen molar-refractivity contribution in [2.45, 2.75) is 12.1 Å². The summed E-state index contributed by atoms with van der Waals surface area (Å²) in [6.45, 7) is 2.51. The van der Waals surface area contributed by atoms with Gasteiger partial charge in [0.15, 0.2) is 5.82 Å². The van der Waals surface area contributed by atoms with Crippen LogP contribution in [0.15, 0.2) is 52.1 Å². The monoisotopic (exact) mass is 448 g/mol. The average Bonchev–Trinajstić information content (AvgIpc) is 3.13. The molecule has 3 rings (SSSR count). The molecule has 7 nitrogen and oxygen atoms in total. The number of phenols is 1. The Morgan fingerprint density at radius 3 is 2.81 bits per heavy atom. The minimum atomic E-state index is -0.166. The first kappa shape index (κ1) is 19.2. The molecule has 0 unspecified atom stereocenters. The zero-order valence-electron chi connectivity index (χ0n) is 14.4. The first-order valence-corrected chi connectivity index (χ1v) is 9.90. The van der Waals surface area contributed by atoms with E-state index in [1.807, 2.05) is 6.92 Å². The highest BCUT2D eigenvalue weighted by Gasteiger charge is 2.12. The number of hydrogen-bond acceptors (Lipinski definition) is 6. The van der Waals surface area contributed by atoms with Crippen LogP contribution in [-0.2, 0) is 4.79 Å².